The Labute approximate surface area is 170 Å². The van der Waals surface area contributed by atoms with Gasteiger partial charge in [0.05, 0.1) is 19.8 Å². The quantitative estimate of drug-likeness (QED) is 0.139. The highest BCUT2D eigenvalue weighted by Crippen LogP contribution is 2.26. The lowest BCUT2D eigenvalue weighted by Crippen LogP contribution is -2.40. The van der Waals surface area contributed by atoms with Crippen molar-refractivity contribution in [2.75, 3.05) is 19.8 Å². The summed E-state index contributed by atoms with van der Waals surface area (Å²) in [5, 5.41) is 0. The summed E-state index contributed by atoms with van der Waals surface area (Å²) in [4.78, 5) is 0. The van der Waals surface area contributed by atoms with Crippen molar-refractivity contribution in [3.8, 4) is 0 Å². The molecule has 0 radical (unpaired) electrons. The number of ether oxygens (including phenoxy) is 3. The Kier molecular flexibility index (Phi) is 20.5. The van der Waals surface area contributed by atoms with Gasteiger partial charge < -0.3 is 14.2 Å². The maximum Gasteiger partial charge on any atom is 0.282 e. The van der Waals surface area contributed by atoms with Gasteiger partial charge in [-0.1, -0.05) is 98.3 Å². The molecular weight excluding hydrogens is 336 g/mol. The largest absolute Gasteiger partial charge is 0.327 e. The van der Waals surface area contributed by atoms with E-state index in [0.29, 0.717) is 0 Å². The number of rotatable bonds is 22. The van der Waals surface area contributed by atoms with Gasteiger partial charge in [-0.05, 0) is 25.7 Å². The minimum absolute atomic E-state index is 0.728. The third kappa shape index (κ3) is 16.5. The van der Waals surface area contributed by atoms with Gasteiger partial charge in [0.2, 0.25) is 0 Å². The lowest BCUT2D eigenvalue weighted by atomic mass is 10.1. The zero-order chi connectivity index (χ0) is 20.1. The van der Waals surface area contributed by atoms with E-state index in [1.807, 2.05) is 0 Å². The van der Waals surface area contributed by atoms with E-state index < -0.39 is 5.97 Å². The van der Waals surface area contributed by atoms with Crippen LogP contribution in [0, 0.1) is 0 Å². The molecule has 0 amide bonds. The minimum atomic E-state index is -0.805. The summed E-state index contributed by atoms with van der Waals surface area (Å²) in [6.45, 7) is 11.1. The van der Waals surface area contributed by atoms with Crippen LogP contribution in [0.1, 0.15) is 130 Å². The lowest BCUT2D eigenvalue weighted by Gasteiger charge is -2.33. The first-order valence-corrected chi connectivity index (χ1v) is 12.2. The van der Waals surface area contributed by atoms with Crippen LogP contribution in [0.5, 0.6) is 0 Å². The first kappa shape index (κ1) is 26.9. The SMILES string of the molecule is CCCCCCCCCCCC(OCCCC)(OCCCC)OCCCC. The zero-order valence-corrected chi connectivity index (χ0v) is 19.2. The summed E-state index contributed by atoms with van der Waals surface area (Å²) in [6, 6.07) is 0. The molecule has 0 saturated carbocycles. The first-order chi connectivity index (χ1) is 13.2. The van der Waals surface area contributed by atoms with Gasteiger partial charge >= 0.3 is 0 Å². The molecule has 0 aromatic rings. The van der Waals surface area contributed by atoms with Gasteiger partial charge in [-0.15, -0.1) is 0 Å². The first-order valence-electron chi connectivity index (χ1n) is 12.2. The fourth-order valence-corrected chi connectivity index (χ4v) is 3.11. The molecule has 0 atom stereocenters. The van der Waals surface area contributed by atoms with Crippen molar-refractivity contribution in [2.45, 2.75) is 136 Å². The van der Waals surface area contributed by atoms with E-state index in [0.717, 1.165) is 71.2 Å². The van der Waals surface area contributed by atoms with Crippen molar-refractivity contribution in [1.29, 1.82) is 0 Å². The molecule has 0 aliphatic rings. The summed E-state index contributed by atoms with van der Waals surface area (Å²) in [6.07, 6.45) is 19.4. The van der Waals surface area contributed by atoms with Crippen molar-refractivity contribution >= 4 is 0 Å². The molecule has 0 aromatic carbocycles. The van der Waals surface area contributed by atoms with Gasteiger partial charge in [-0.3, -0.25) is 0 Å². The van der Waals surface area contributed by atoms with Crippen LogP contribution in [-0.4, -0.2) is 25.8 Å². The number of hydrogen-bond acceptors (Lipinski definition) is 3. The van der Waals surface area contributed by atoms with Crippen LogP contribution in [0.25, 0.3) is 0 Å². The summed E-state index contributed by atoms with van der Waals surface area (Å²) in [5.41, 5.74) is 0. The third-order valence-corrected chi connectivity index (χ3v) is 5.05. The van der Waals surface area contributed by atoms with Gasteiger partial charge in [0.25, 0.3) is 5.97 Å². The normalized spacial score (nSPS) is 12.0. The van der Waals surface area contributed by atoms with Crippen molar-refractivity contribution in [2.24, 2.45) is 0 Å². The summed E-state index contributed by atoms with van der Waals surface area (Å²) >= 11 is 0. The monoisotopic (exact) mass is 386 g/mol. The van der Waals surface area contributed by atoms with E-state index in [1.165, 1.54) is 51.4 Å². The Morgan fingerprint density at radius 1 is 0.407 bits per heavy atom. The number of hydrogen-bond donors (Lipinski definition) is 0. The lowest BCUT2D eigenvalue weighted by molar-refractivity contribution is -0.384. The van der Waals surface area contributed by atoms with E-state index in [4.69, 9.17) is 14.2 Å². The predicted octanol–water partition coefficient (Wildman–Crippen LogP) is 8.01. The van der Waals surface area contributed by atoms with Crippen LogP contribution >= 0.6 is 0 Å². The molecule has 0 bridgehead atoms. The highest BCUT2D eigenvalue weighted by Gasteiger charge is 2.32. The highest BCUT2D eigenvalue weighted by molar-refractivity contribution is 4.61. The van der Waals surface area contributed by atoms with Crippen LogP contribution in [0.4, 0.5) is 0 Å². The second-order valence-electron chi connectivity index (χ2n) is 7.87. The molecule has 3 heteroatoms. The van der Waals surface area contributed by atoms with E-state index in [2.05, 4.69) is 27.7 Å². The second kappa shape index (κ2) is 20.6. The van der Waals surface area contributed by atoms with Gasteiger partial charge in [0, 0.05) is 6.42 Å². The molecule has 0 N–H and O–H groups in total. The van der Waals surface area contributed by atoms with E-state index in [9.17, 15) is 0 Å². The maximum absolute atomic E-state index is 6.19. The highest BCUT2D eigenvalue weighted by atomic mass is 16.9. The minimum Gasteiger partial charge on any atom is -0.327 e. The molecule has 0 spiro atoms. The van der Waals surface area contributed by atoms with Crippen molar-refractivity contribution in [3.05, 3.63) is 0 Å². The molecule has 27 heavy (non-hydrogen) atoms. The zero-order valence-electron chi connectivity index (χ0n) is 19.2. The Bertz CT molecular complexity index is 254. The van der Waals surface area contributed by atoms with Crippen LogP contribution < -0.4 is 0 Å². The molecule has 0 aromatic heterocycles. The average molecular weight is 387 g/mol. The Morgan fingerprint density at radius 3 is 1.11 bits per heavy atom. The molecule has 0 fully saturated rings. The molecule has 0 aliphatic carbocycles. The molecule has 0 aliphatic heterocycles. The van der Waals surface area contributed by atoms with Crippen LogP contribution in [0.15, 0.2) is 0 Å². The Hall–Kier alpha value is -0.120. The summed E-state index contributed by atoms with van der Waals surface area (Å²) in [7, 11) is 0. The number of unbranched alkanes of at least 4 members (excludes halogenated alkanes) is 11. The van der Waals surface area contributed by atoms with Crippen LogP contribution in [-0.2, 0) is 14.2 Å². The molecule has 0 unspecified atom stereocenters. The van der Waals surface area contributed by atoms with Gasteiger partial charge in [-0.2, -0.15) is 0 Å². The van der Waals surface area contributed by atoms with Crippen molar-refractivity contribution in [1.82, 2.24) is 0 Å². The molecule has 0 heterocycles. The Balaban J connectivity index is 4.32. The van der Waals surface area contributed by atoms with E-state index >= 15 is 0 Å². The van der Waals surface area contributed by atoms with Crippen LogP contribution in [0.2, 0.25) is 0 Å². The standard InChI is InChI=1S/C24H50O3/c1-5-9-13-14-15-16-17-18-19-20-24(25-21-10-6-2,26-22-11-7-3)27-23-12-8-4/h5-23H2,1-4H3. The third-order valence-electron chi connectivity index (χ3n) is 5.05. The molecule has 0 saturated heterocycles. The summed E-state index contributed by atoms with van der Waals surface area (Å²) in [5.74, 6) is -0.805. The molecule has 0 rings (SSSR count). The molecule has 3 nitrogen and oxygen atoms in total. The smallest absolute Gasteiger partial charge is 0.282 e. The average Bonchev–Trinajstić information content (AvgIpc) is 2.67. The van der Waals surface area contributed by atoms with Crippen molar-refractivity contribution in [3.63, 3.8) is 0 Å². The van der Waals surface area contributed by atoms with Gasteiger partial charge in [-0.25, -0.2) is 0 Å². The maximum atomic E-state index is 6.19. The van der Waals surface area contributed by atoms with Crippen molar-refractivity contribution < 1.29 is 14.2 Å². The predicted molar refractivity (Wildman–Crippen MR) is 117 cm³/mol. The van der Waals surface area contributed by atoms with Crippen LogP contribution in [0.3, 0.4) is 0 Å². The van der Waals surface area contributed by atoms with E-state index in [-0.39, 0.29) is 0 Å². The second-order valence-corrected chi connectivity index (χ2v) is 7.87. The topological polar surface area (TPSA) is 27.7 Å². The van der Waals surface area contributed by atoms with Gasteiger partial charge in [0.1, 0.15) is 0 Å². The fraction of sp³-hybridized carbons (Fsp3) is 1.00. The fourth-order valence-electron chi connectivity index (χ4n) is 3.11. The van der Waals surface area contributed by atoms with Gasteiger partial charge in [0.15, 0.2) is 0 Å². The summed E-state index contributed by atoms with van der Waals surface area (Å²) < 4.78 is 18.6. The molecule has 164 valence electrons. The molecular formula is C24H50O3. The van der Waals surface area contributed by atoms with E-state index in [1.54, 1.807) is 0 Å². The Morgan fingerprint density at radius 2 is 0.741 bits per heavy atom.